The molecule has 0 saturated carbocycles. The topological polar surface area (TPSA) is 76.2 Å². The van der Waals surface area contributed by atoms with Gasteiger partial charge < -0.3 is 10.7 Å². The van der Waals surface area contributed by atoms with Gasteiger partial charge in [0.05, 0.1) is 5.69 Å². The molecule has 2 heterocycles. The molecule has 0 saturated heterocycles. The van der Waals surface area contributed by atoms with Crippen LogP contribution in [0.4, 0.5) is 5.69 Å². The van der Waals surface area contributed by atoms with Gasteiger partial charge in [-0.2, -0.15) is 0 Å². The van der Waals surface area contributed by atoms with Gasteiger partial charge in [0.1, 0.15) is 0 Å². The van der Waals surface area contributed by atoms with Crippen molar-refractivity contribution >= 4 is 11.3 Å². The lowest BCUT2D eigenvalue weighted by Gasteiger charge is -1.93. The smallest absolute Gasteiger partial charge is 0.331 e. The molecule has 0 aliphatic heterocycles. The minimum absolute atomic E-state index is 0.230. The molecule has 0 fully saturated rings. The highest BCUT2D eigenvalue weighted by Gasteiger charge is 1.99. The van der Waals surface area contributed by atoms with E-state index in [1.165, 1.54) is 16.8 Å². The summed E-state index contributed by atoms with van der Waals surface area (Å²) in [6.45, 7) is 0. The summed E-state index contributed by atoms with van der Waals surface area (Å²) in [5.41, 5.74) is 6.25. The maximum absolute atomic E-state index is 11.0. The summed E-state index contributed by atoms with van der Waals surface area (Å²) in [5, 5.41) is 0. The van der Waals surface area contributed by atoms with E-state index in [4.69, 9.17) is 5.73 Å². The number of aromatic nitrogens is 3. The number of fused-ring (bicyclic) bond motifs is 1. The Morgan fingerprint density at radius 1 is 1.64 bits per heavy atom. The van der Waals surface area contributed by atoms with Crippen LogP contribution in [0.2, 0.25) is 0 Å². The number of aromatic amines is 1. The summed E-state index contributed by atoms with van der Waals surface area (Å²) in [7, 11) is 0. The molecule has 0 aliphatic rings. The average molecular weight is 150 g/mol. The van der Waals surface area contributed by atoms with E-state index in [1.54, 1.807) is 6.20 Å². The first kappa shape index (κ1) is 5.96. The van der Waals surface area contributed by atoms with Crippen molar-refractivity contribution in [2.45, 2.75) is 0 Å². The predicted octanol–water partition coefficient (Wildman–Crippen LogP) is -0.395. The largest absolute Gasteiger partial charge is 0.395 e. The van der Waals surface area contributed by atoms with Crippen LogP contribution in [0.3, 0.4) is 0 Å². The Morgan fingerprint density at radius 2 is 2.45 bits per heavy atom. The van der Waals surface area contributed by atoms with E-state index >= 15 is 0 Å². The highest BCUT2D eigenvalue weighted by molar-refractivity contribution is 5.62. The van der Waals surface area contributed by atoms with Gasteiger partial charge in [-0.15, -0.1) is 0 Å². The summed E-state index contributed by atoms with van der Waals surface area (Å²) in [6.07, 6.45) is 4.52. The second-order valence-corrected chi connectivity index (χ2v) is 2.17. The van der Waals surface area contributed by atoms with Crippen LogP contribution in [0.1, 0.15) is 0 Å². The molecule has 0 unspecified atom stereocenters. The molecule has 11 heavy (non-hydrogen) atoms. The highest BCUT2D eigenvalue weighted by atomic mass is 16.1. The monoisotopic (exact) mass is 150 g/mol. The lowest BCUT2D eigenvalue weighted by Crippen LogP contribution is -2.15. The van der Waals surface area contributed by atoms with Crippen LogP contribution in [0.25, 0.3) is 5.65 Å². The van der Waals surface area contributed by atoms with E-state index in [9.17, 15) is 4.79 Å². The summed E-state index contributed by atoms with van der Waals surface area (Å²) >= 11 is 0. The first-order valence-corrected chi connectivity index (χ1v) is 3.09. The van der Waals surface area contributed by atoms with Crippen molar-refractivity contribution in [1.82, 2.24) is 14.4 Å². The lowest BCUT2D eigenvalue weighted by molar-refractivity contribution is 1.01. The molecule has 5 nitrogen and oxygen atoms in total. The van der Waals surface area contributed by atoms with Crippen LogP contribution >= 0.6 is 0 Å². The fourth-order valence-corrected chi connectivity index (χ4v) is 0.954. The summed E-state index contributed by atoms with van der Waals surface area (Å²) < 4.78 is 1.36. The fraction of sp³-hybridized carbons (Fsp3) is 0. The lowest BCUT2D eigenvalue weighted by atomic mass is 10.5. The van der Waals surface area contributed by atoms with Gasteiger partial charge in [-0.25, -0.2) is 14.2 Å². The van der Waals surface area contributed by atoms with Gasteiger partial charge in [-0.1, -0.05) is 0 Å². The molecule has 0 bridgehead atoms. The normalized spacial score (nSPS) is 10.5. The van der Waals surface area contributed by atoms with Crippen molar-refractivity contribution in [2.24, 2.45) is 0 Å². The number of H-pyrrole nitrogens is 1. The first-order chi connectivity index (χ1) is 5.29. The Bertz CT molecular complexity index is 441. The molecule has 0 aliphatic carbocycles. The second-order valence-electron chi connectivity index (χ2n) is 2.17. The number of anilines is 1. The Labute approximate surface area is 61.5 Å². The quantitative estimate of drug-likeness (QED) is 0.536. The Kier molecular flexibility index (Phi) is 1.00. The highest BCUT2D eigenvalue weighted by Crippen LogP contribution is 2.04. The van der Waals surface area contributed by atoms with E-state index < -0.39 is 0 Å². The maximum atomic E-state index is 11.0. The van der Waals surface area contributed by atoms with E-state index in [2.05, 4.69) is 9.97 Å². The Hall–Kier alpha value is -1.78. The van der Waals surface area contributed by atoms with Crippen molar-refractivity contribution in [1.29, 1.82) is 0 Å². The molecule has 2 rings (SSSR count). The maximum Gasteiger partial charge on any atom is 0.331 e. The van der Waals surface area contributed by atoms with E-state index in [1.807, 2.05) is 0 Å². The third-order valence-corrected chi connectivity index (χ3v) is 1.47. The number of nitrogens with zero attached hydrogens (tertiary/aromatic N) is 2. The minimum atomic E-state index is -0.230. The van der Waals surface area contributed by atoms with Gasteiger partial charge in [0, 0.05) is 18.6 Å². The van der Waals surface area contributed by atoms with Crippen LogP contribution in [-0.2, 0) is 0 Å². The van der Waals surface area contributed by atoms with E-state index in [0.717, 1.165) is 0 Å². The van der Waals surface area contributed by atoms with Gasteiger partial charge >= 0.3 is 5.69 Å². The Morgan fingerprint density at radius 3 is 3.18 bits per heavy atom. The van der Waals surface area contributed by atoms with Gasteiger partial charge in [0.15, 0.2) is 5.65 Å². The van der Waals surface area contributed by atoms with Crippen LogP contribution < -0.4 is 11.4 Å². The summed E-state index contributed by atoms with van der Waals surface area (Å²) in [5.74, 6) is 0. The number of imidazole rings is 1. The third kappa shape index (κ3) is 0.706. The number of nitrogens with two attached hydrogens (primary N) is 1. The van der Waals surface area contributed by atoms with Gasteiger partial charge in [-0.3, -0.25) is 0 Å². The number of nitrogen functional groups attached to an aromatic ring is 1. The SMILES string of the molecule is Nc1c[nH]c(=O)n2ccnc12. The van der Waals surface area contributed by atoms with E-state index in [0.29, 0.717) is 11.3 Å². The second kappa shape index (κ2) is 1.85. The van der Waals surface area contributed by atoms with Crippen molar-refractivity contribution in [3.8, 4) is 0 Å². The molecular formula is C6H6N4O. The number of hydrogen-bond donors (Lipinski definition) is 2. The standard InChI is InChI=1S/C6H6N4O/c7-4-3-9-6(11)10-2-1-8-5(4)10/h1-3H,7H2,(H,9,11). The first-order valence-electron chi connectivity index (χ1n) is 3.09. The molecule has 0 radical (unpaired) electrons. The zero-order valence-electron chi connectivity index (χ0n) is 5.61. The van der Waals surface area contributed by atoms with Crippen LogP contribution in [0.5, 0.6) is 0 Å². The van der Waals surface area contributed by atoms with Crippen LogP contribution in [-0.4, -0.2) is 14.4 Å². The van der Waals surface area contributed by atoms with Crippen molar-refractivity contribution < 1.29 is 0 Å². The van der Waals surface area contributed by atoms with Crippen molar-refractivity contribution in [3.63, 3.8) is 0 Å². The zero-order chi connectivity index (χ0) is 7.84. The minimum Gasteiger partial charge on any atom is -0.395 e. The summed E-state index contributed by atoms with van der Waals surface area (Å²) in [6, 6.07) is 0. The van der Waals surface area contributed by atoms with Gasteiger partial charge in [0.2, 0.25) is 0 Å². The molecule has 0 spiro atoms. The Balaban J connectivity index is 3.08. The molecule has 3 N–H and O–H groups in total. The molecule has 0 atom stereocenters. The molecule has 0 amide bonds. The average Bonchev–Trinajstić information content (AvgIpc) is 2.45. The van der Waals surface area contributed by atoms with Crippen LogP contribution in [0.15, 0.2) is 23.4 Å². The molecule has 0 aromatic carbocycles. The van der Waals surface area contributed by atoms with Crippen molar-refractivity contribution in [3.05, 3.63) is 29.1 Å². The molecule has 56 valence electrons. The molecular weight excluding hydrogens is 144 g/mol. The van der Waals surface area contributed by atoms with Gasteiger partial charge in [-0.05, 0) is 0 Å². The third-order valence-electron chi connectivity index (χ3n) is 1.47. The van der Waals surface area contributed by atoms with Crippen molar-refractivity contribution in [2.75, 3.05) is 5.73 Å². The molecule has 2 aromatic rings. The van der Waals surface area contributed by atoms with Gasteiger partial charge in [0.25, 0.3) is 0 Å². The van der Waals surface area contributed by atoms with Crippen LogP contribution in [0, 0.1) is 0 Å². The van der Waals surface area contributed by atoms with E-state index in [-0.39, 0.29) is 5.69 Å². The molecule has 5 heteroatoms. The number of rotatable bonds is 0. The summed E-state index contributed by atoms with van der Waals surface area (Å²) in [4.78, 5) is 17.4. The fourth-order valence-electron chi connectivity index (χ4n) is 0.954. The predicted molar refractivity (Wildman–Crippen MR) is 40.2 cm³/mol. The zero-order valence-corrected chi connectivity index (χ0v) is 5.61. The molecule has 2 aromatic heterocycles. The number of hydrogen-bond acceptors (Lipinski definition) is 3. The number of nitrogens with one attached hydrogen (secondary N) is 1.